The molecule has 33 heavy (non-hydrogen) atoms. The Morgan fingerprint density at radius 3 is 2.36 bits per heavy atom. The molecule has 0 aliphatic rings. The van der Waals surface area contributed by atoms with Crippen LogP contribution in [0.25, 0.3) is 0 Å². The van der Waals surface area contributed by atoms with Crippen molar-refractivity contribution in [2.45, 2.75) is 19.5 Å². The zero-order valence-corrected chi connectivity index (χ0v) is 21.6. The second-order valence-electron chi connectivity index (χ2n) is 7.25. The van der Waals surface area contributed by atoms with Gasteiger partial charge < -0.3 is 19.7 Å². The van der Waals surface area contributed by atoms with Gasteiger partial charge in [0.15, 0.2) is 0 Å². The molecule has 0 aromatic heterocycles. The summed E-state index contributed by atoms with van der Waals surface area (Å²) in [5.41, 5.74) is 0.932. The van der Waals surface area contributed by atoms with Crippen LogP contribution in [0.1, 0.15) is 12.5 Å². The maximum Gasteiger partial charge on any atom is 0.244 e. The van der Waals surface area contributed by atoms with E-state index in [0.717, 1.165) is 20.6 Å². The first kappa shape index (κ1) is 26.5. The average Bonchev–Trinajstić information content (AvgIpc) is 2.78. The molecule has 9 nitrogen and oxygen atoms in total. The molecule has 0 saturated carbocycles. The van der Waals surface area contributed by atoms with Crippen molar-refractivity contribution in [2.75, 3.05) is 38.4 Å². The number of anilines is 1. The van der Waals surface area contributed by atoms with Crippen LogP contribution in [0.3, 0.4) is 0 Å². The van der Waals surface area contributed by atoms with Gasteiger partial charge in [0.25, 0.3) is 0 Å². The molecule has 1 atom stereocenters. The number of amides is 2. The van der Waals surface area contributed by atoms with Gasteiger partial charge >= 0.3 is 0 Å². The molecule has 0 bridgehead atoms. The Morgan fingerprint density at radius 2 is 1.82 bits per heavy atom. The molecule has 1 N–H and O–H groups in total. The highest BCUT2D eigenvalue weighted by Crippen LogP contribution is 2.34. The zero-order chi connectivity index (χ0) is 24.8. The van der Waals surface area contributed by atoms with Crippen LogP contribution in [0, 0.1) is 0 Å². The number of ether oxygens (including phenoxy) is 2. The van der Waals surface area contributed by atoms with E-state index in [-0.39, 0.29) is 23.9 Å². The first-order valence-electron chi connectivity index (χ1n) is 9.97. The maximum absolute atomic E-state index is 13.4. The van der Waals surface area contributed by atoms with Crippen molar-refractivity contribution in [1.82, 2.24) is 10.2 Å². The van der Waals surface area contributed by atoms with Crippen LogP contribution in [0.4, 0.5) is 5.69 Å². The first-order chi connectivity index (χ1) is 15.5. The zero-order valence-electron chi connectivity index (χ0n) is 19.2. The van der Waals surface area contributed by atoms with Gasteiger partial charge in [-0.3, -0.25) is 13.9 Å². The first-order valence-corrected chi connectivity index (χ1v) is 12.6. The summed E-state index contributed by atoms with van der Waals surface area (Å²) >= 11 is 3.40. The minimum absolute atomic E-state index is 0.111. The van der Waals surface area contributed by atoms with Crippen LogP contribution < -0.4 is 19.1 Å². The van der Waals surface area contributed by atoms with Crippen molar-refractivity contribution in [2.24, 2.45) is 0 Å². The Hall–Kier alpha value is -2.79. The highest BCUT2D eigenvalue weighted by molar-refractivity contribution is 9.10. The lowest BCUT2D eigenvalue weighted by atomic mass is 10.1. The third-order valence-electron chi connectivity index (χ3n) is 4.99. The van der Waals surface area contributed by atoms with Crippen molar-refractivity contribution < 1.29 is 27.5 Å². The van der Waals surface area contributed by atoms with Crippen LogP contribution in [0.5, 0.6) is 11.5 Å². The minimum atomic E-state index is -3.89. The van der Waals surface area contributed by atoms with Crippen LogP contribution in [-0.4, -0.2) is 65.2 Å². The number of methoxy groups -OCH3 is 2. The van der Waals surface area contributed by atoms with E-state index in [4.69, 9.17) is 9.47 Å². The summed E-state index contributed by atoms with van der Waals surface area (Å²) in [4.78, 5) is 27.1. The van der Waals surface area contributed by atoms with Crippen LogP contribution in [0.15, 0.2) is 46.9 Å². The predicted octanol–water partition coefficient (Wildman–Crippen LogP) is 2.40. The number of benzene rings is 2. The van der Waals surface area contributed by atoms with Crippen molar-refractivity contribution in [3.63, 3.8) is 0 Å². The van der Waals surface area contributed by atoms with Crippen molar-refractivity contribution in [3.05, 3.63) is 52.5 Å². The molecule has 2 aromatic carbocycles. The van der Waals surface area contributed by atoms with Crippen molar-refractivity contribution in [1.29, 1.82) is 0 Å². The molecule has 2 amide bonds. The third-order valence-corrected chi connectivity index (χ3v) is 6.61. The number of nitrogens with one attached hydrogen (secondary N) is 1. The van der Waals surface area contributed by atoms with Gasteiger partial charge in [0, 0.05) is 24.1 Å². The summed E-state index contributed by atoms with van der Waals surface area (Å²) in [7, 11) is 0.438. The number of carbonyl (C=O) groups excluding carboxylic acids is 2. The van der Waals surface area contributed by atoms with Crippen molar-refractivity contribution in [3.8, 4) is 11.5 Å². The second-order valence-corrected chi connectivity index (χ2v) is 10.1. The number of halogens is 1. The number of carbonyl (C=O) groups is 2. The standard InChI is InChI=1S/C22H28BrN3O6S/c1-15(22(28)24-2)25(13-16-7-6-8-17(23)11-16)21(27)14-26(33(5,29)30)19-12-18(31-3)9-10-20(19)32-4/h6-12,15H,13-14H2,1-5H3,(H,24,28). The van der Waals surface area contributed by atoms with Gasteiger partial charge in [0.2, 0.25) is 21.8 Å². The van der Waals surface area contributed by atoms with Gasteiger partial charge in [0.05, 0.1) is 26.2 Å². The minimum Gasteiger partial charge on any atom is -0.497 e. The van der Waals surface area contributed by atoms with E-state index < -0.39 is 28.5 Å². The highest BCUT2D eigenvalue weighted by Gasteiger charge is 2.31. The fourth-order valence-corrected chi connectivity index (χ4v) is 4.50. The Bertz CT molecular complexity index is 1110. The van der Waals surface area contributed by atoms with E-state index in [1.165, 1.54) is 32.2 Å². The molecule has 0 heterocycles. The maximum atomic E-state index is 13.4. The average molecular weight is 542 g/mol. The summed E-state index contributed by atoms with van der Waals surface area (Å²) < 4.78 is 37.7. The summed E-state index contributed by atoms with van der Waals surface area (Å²) in [6.07, 6.45) is 1.00. The smallest absolute Gasteiger partial charge is 0.244 e. The topological polar surface area (TPSA) is 105 Å². The SMILES string of the molecule is CNC(=O)C(C)N(Cc1cccc(Br)c1)C(=O)CN(c1cc(OC)ccc1OC)S(C)(=O)=O. The Balaban J connectivity index is 2.48. The molecule has 0 fully saturated rings. The fraction of sp³-hybridized carbons (Fsp3) is 0.364. The Labute approximate surface area is 202 Å². The lowest BCUT2D eigenvalue weighted by Gasteiger charge is -2.31. The number of likely N-dealkylation sites (N-methyl/N-ethyl adjacent to an activating group) is 1. The van der Waals surface area contributed by atoms with Crippen LogP contribution in [0.2, 0.25) is 0 Å². The summed E-state index contributed by atoms with van der Waals surface area (Å²) in [5, 5.41) is 2.54. The Morgan fingerprint density at radius 1 is 1.12 bits per heavy atom. The van der Waals surface area contributed by atoms with E-state index in [0.29, 0.717) is 5.75 Å². The molecule has 0 spiro atoms. The van der Waals surface area contributed by atoms with Crippen LogP contribution in [-0.2, 0) is 26.2 Å². The molecule has 0 aliphatic carbocycles. The van der Waals surface area contributed by atoms with Gasteiger partial charge in [-0.1, -0.05) is 28.1 Å². The molecular weight excluding hydrogens is 514 g/mol. The van der Waals surface area contributed by atoms with E-state index in [9.17, 15) is 18.0 Å². The highest BCUT2D eigenvalue weighted by atomic mass is 79.9. The molecule has 2 aromatic rings. The second kappa shape index (κ2) is 11.4. The molecule has 0 radical (unpaired) electrons. The number of nitrogens with zero attached hydrogens (tertiary/aromatic N) is 2. The molecule has 2 rings (SSSR count). The van der Waals surface area contributed by atoms with E-state index >= 15 is 0 Å². The number of hydrogen-bond acceptors (Lipinski definition) is 6. The lowest BCUT2D eigenvalue weighted by Crippen LogP contribution is -2.50. The largest absolute Gasteiger partial charge is 0.497 e. The van der Waals surface area contributed by atoms with Crippen LogP contribution >= 0.6 is 15.9 Å². The molecule has 0 aliphatic heterocycles. The summed E-state index contributed by atoms with van der Waals surface area (Å²) in [5.74, 6) is -0.270. The third kappa shape index (κ3) is 6.84. The van der Waals surface area contributed by atoms with Gasteiger partial charge in [0.1, 0.15) is 24.1 Å². The molecule has 11 heteroatoms. The van der Waals surface area contributed by atoms with Gasteiger partial charge in [-0.25, -0.2) is 8.42 Å². The molecule has 180 valence electrons. The molecular formula is C22H28BrN3O6S. The van der Waals surface area contributed by atoms with Gasteiger partial charge in [-0.2, -0.15) is 0 Å². The lowest BCUT2D eigenvalue weighted by molar-refractivity contribution is -0.139. The number of rotatable bonds is 10. The quantitative estimate of drug-likeness (QED) is 0.495. The van der Waals surface area contributed by atoms with E-state index in [2.05, 4.69) is 21.2 Å². The Kier molecular flexibility index (Phi) is 9.12. The number of sulfonamides is 1. The number of hydrogen-bond donors (Lipinski definition) is 1. The summed E-state index contributed by atoms with van der Waals surface area (Å²) in [6, 6.07) is 11.1. The summed E-state index contributed by atoms with van der Waals surface area (Å²) in [6.45, 7) is 1.17. The van der Waals surface area contributed by atoms with E-state index in [1.54, 1.807) is 19.1 Å². The monoisotopic (exact) mass is 541 g/mol. The predicted molar refractivity (Wildman–Crippen MR) is 130 cm³/mol. The fourth-order valence-electron chi connectivity index (χ4n) is 3.21. The normalized spacial score (nSPS) is 11.9. The van der Waals surface area contributed by atoms with Crippen molar-refractivity contribution >= 4 is 43.5 Å². The van der Waals surface area contributed by atoms with Gasteiger partial charge in [-0.05, 0) is 36.8 Å². The van der Waals surface area contributed by atoms with E-state index in [1.807, 2.05) is 24.3 Å². The molecule has 0 saturated heterocycles. The van der Waals surface area contributed by atoms with Gasteiger partial charge in [-0.15, -0.1) is 0 Å². The molecule has 1 unspecified atom stereocenters.